The highest BCUT2D eigenvalue weighted by Gasteiger charge is 2.28. The smallest absolute Gasteiger partial charge is 0.410 e. The number of aliphatic hydroxyl groups excluding tert-OH is 1. The predicted molar refractivity (Wildman–Crippen MR) is 216 cm³/mol. The second-order valence-corrected chi connectivity index (χ2v) is 15.8. The van der Waals surface area contributed by atoms with Gasteiger partial charge in [-0.25, -0.2) is 9.59 Å². The number of rotatable bonds is 2. The van der Waals surface area contributed by atoms with Crippen LogP contribution in [0.5, 0.6) is 0 Å². The molecule has 3 N–H and O–H groups in total. The quantitative estimate of drug-likeness (QED) is 0.162. The molecule has 284 valence electrons. The van der Waals surface area contributed by atoms with Crippen LogP contribution in [-0.2, 0) is 9.47 Å². The minimum Gasteiger partial charge on any atom is -0.444 e. The SMILES string of the molecule is CC(C)(C)OC(=O)N1CC=C(c2ccc3c(c2)[nH]c2ccncc23)CC1.CC(C)(C)OC(=O)N1CCC(c2ccc3c(c2)[nH]c2ccncc23)CC1.CO. The Kier molecular flexibility index (Phi) is 11.3. The first kappa shape index (κ1) is 38.3. The van der Waals surface area contributed by atoms with E-state index in [-0.39, 0.29) is 12.2 Å². The first-order valence-electron chi connectivity index (χ1n) is 18.6. The van der Waals surface area contributed by atoms with E-state index in [1.807, 2.05) is 77.2 Å². The molecule has 8 rings (SSSR count). The van der Waals surface area contributed by atoms with Crippen molar-refractivity contribution in [1.29, 1.82) is 0 Å². The van der Waals surface area contributed by atoms with Crippen LogP contribution < -0.4 is 0 Å². The highest BCUT2D eigenvalue weighted by Crippen LogP contribution is 2.33. The van der Waals surface area contributed by atoms with Gasteiger partial charge in [0.15, 0.2) is 0 Å². The molecule has 2 aliphatic rings. The summed E-state index contributed by atoms with van der Waals surface area (Å²) in [6, 6.07) is 17.1. The molecule has 11 heteroatoms. The normalized spacial score (nSPS) is 15.4. The number of likely N-dealkylation sites (tertiary alicyclic amines) is 1. The maximum Gasteiger partial charge on any atom is 0.410 e. The number of carbonyl (C=O) groups is 2. The number of aromatic nitrogens is 4. The number of amides is 2. The number of pyridine rings is 2. The first-order chi connectivity index (χ1) is 25.8. The van der Waals surface area contributed by atoms with Crippen LogP contribution in [0.2, 0.25) is 0 Å². The van der Waals surface area contributed by atoms with Crippen LogP contribution in [0.15, 0.2) is 79.4 Å². The first-order valence-corrected chi connectivity index (χ1v) is 18.6. The number of aliphatic hydroxyl groups is 1. The van der Waals surface area contributed by atoms with Crippen molar-refractivity contribution in [2.24, 2.45) is 0 Å². The van der Waals surface area contributed by atoms with Gasteiger partial charge in [-0.05, 0) is 108 Å². The van der Waals surface area contributed by atoms with Crippen LogP contribution in [-0.4, -0.2) is 91.5 Å². The van der Waals surface area contributed by atoms with Crippen LogP contribution in [0.4, 0.5) is 9.59 Å². The van der Waals surface area contributed by atoms with Crippen LogP contribution >= 0.6 is 0 Å². The van der Waals surface area contributed by atoms with Gasteiger partial charge in [0.05, 0.1) is 0 Å². The number of H-pyrrole nitrogens is 2. The van der Waals surface area contributed by atoms with Gasteiger partial charge < -0.3 is 34.3 Å². The molecule has 2 aliphatic heterocycles. The summed E-state index contributed by atoms with van der Waals surface area (Å²) < 4.78 is 10.9. The van der Waals surface area contributed by atoms with E-state index in [0.29, 0.717) is 19.0 Å². The van der Waals surface area contributed by atoms with E-state index in [1.165, 1.54) is 27.5 Å². The number of fused-ring (bicyclic) bond motifs is 6. The molecule has 1 fully saturated rings. The molecule has 11 nitrogen and oxygen atoms in total. The zero-order valence-electron chi connectivity index (χ0n) is 32.4. The third kappa shape index (κ3) is 8.85. The number of ether oxygens (including phenoxy) is 2. The Labute approximate surface area is 316 Å². The summed E-state index contributed by atoms with van der Waals surface area (Å²) in [6.45, 7) is 14.1. The number of carbonyl (C=O) groups excluding carboxylic acids is 2. The molecule has 54 heavy (non-hydrogen) atoms. The number of hydrogen-bond donors (Lipinski definition) is 3. The summed E-state index contributed by atoms with van der Waals surface area (Å²) in [5, 5.41) is 11.7. The van der Waals surface area contributed by atoms with E-state index in [2.05, 4.69) is 62.4 Å². The molecule has 2 aromatic carbocycles. The number of aromatic amines is 2. The Hall–Kier alpha value is -5.42. The minimum absolute atomic E-state index is 0.200. The molecule has 0 atom stereocenters. The largest absolute Gasteiger partial charge is 0.444 e. The van der Waals surface area contributed by atoms with Gasteiger partial charge in [0, 0.05) is 102 Å². The highest BCUT2D eigenvalue weighted by molar-refractivity contribution is 6.08. The molecule has 1 saturated heterocycles. The maximum absolute atomic E-state index is 12.2. The second-order valence-electron chi connectivity index (χ2n) is 15.8. The zero-order valence-corrected chi connectivity index (χ0v) is 32.4. The van der Waals surface area contributed by atoms with Gasteiger partial charge in [0.2, 0.25) is 0 Å². The zero-order chi connectivity index (χ0) is 38.6. The monoisotopic (exact) mass is 732 g/mol. The molecular weight excluding hydrogens is 681 g/mol. The molecule has 0 bridgehead atoms. The van der Waals surface area contributed by atoms with Crippen LogP contribution in [0.3, 0.4) is 0 Å². The van der Waals surface area contributed by atoms with Gasteiger partial charge in [0.25, 0.3) is 0 Å². The third-order valence-corrected chi connectivity index (χ3v) is 9.67. The summed E-state index contributed by atoms with van der Waals surface area (Å²) in [5.41, 5.74) is 7.37. The Balaban J connectivity index is 0.000000176. The fourth-order valence-corrected chi connectivity index (χ4v) is 7.11. The van der Waals surface area contributed by atoms with E-state index in [4.69, 9.17) is 14.6 Å². The molecule has 6 heterocycles. The van der Waals surface area contributed by atoms with E-state index < -0.39 is 11.2 Å². The van der Waals surface area contributed by atoms with Crippen molar-refractivity contribution < 1.29 is 24.2 Å². The second kappa shape index (κ2) is 15.9. The Bertz CT molecular complexity index is 2280. The lowest BCUT2D eigenvalue weighted by molar-refractivity contribution is 0.0203. The summed E-state index contributed by atoms with van der Waals surface area (Å²) in [6.07, 6.45) is 11.9. The van der Waals surface area contributed by atoms with E-state index >= 15 is 0 Å². The van der Waals surface area contributed by atoms with Gasteiger partial charge in [-0.2, -0.15) is 0 Å². The lowest BCUT2D eigenvalue weighted by Crippen LogP contribution is -2.41. The van der Waals surface area contributed by atoms with E-state index in [9.17, 15) is 9.59 Å². The molecular formula is C43H52N6O5. The van der Waals surface area contributed by atoms with Crippen molar-refractivity contribution in [3.8, 4) is 0 Å². The number of hydrogen-bond acceptors (Lipinski definition) is 7. The Morgan fingerprint density at radius 3 is 1.76 bits per heavy atom. The lowest BCUT2D eigenvalue weighted by Gasteiger charge is -2.33. The molecule has 2 amide bonds. The van der Waals surface area contributed by atoms with E-state index in [1.54, 1.807) is 11.1 Å². The standard InChI is InChI=1S/C21H25N3O2.C21H23N3O2.CH4O/c2*1-21(2,3)26-20(25)24-10-7-14(8-11-24)15-4-5-16-17-13-22-9-6-18(17)23-19(16)12-15;1-2/h4-6,9,12-14,23H,7-8,10-11H2,1-3H3;4-7,9,12-13,23H,8,10-11H2,1-3H3;2H,1H3. The van der Waals surface area contributed by atoms with Crippen molar-refractivity contribution in [2.75, 3.05) is 33.3 Å². The summed E-state index contributed by atoms with van der Waals surface area (Å²) in [5.74, 6) is 0.475. The molecule has 4 aromatic heterocycles. The van der Waals surface area contributed by atoms with Crippen LogP contribution in [0.1, 0.15) is 77.8 Å². The summed E-state index contributed by atoms with van der Waals surface area (Å²) in [7, 11) is 1.00. The number of nitrogens with zero attached hydrogens (tertiary/aromatic N) is 4. The predicted octanol–water partition coefficient (Wildman–Crippen LogP) is 9.18. The van der Waals surface area contributed by atoms with Gasteiger partial charge in [-0.1, -0.05) is 30.3 Å². The number of piperidine rings is 1. The Morgan fingerprint density at radius 2 is 1.22 bits per heavy atom. The number of benzene rings is 2. The topological polar surface area (TPSA) is 137 Å². The Morgan fingerprint density at radius 1 is 0.685 bits per heavy atom. The van der Waals surface area contributed by atoms with Crippen molar-refractivity contribution in [3.05, 3.63) is 90.5 Å². The van der Waals surface area contributed by atoms with Crippen LogP contribution in [0, 0.1) is 0 Å². The van der Waals surface area contributed by atoms with Gasteiger partial charge >= 0.3 is 12.2 Å². The van der Waals surface area contributed by atoms with Gasteiger partial charge in [-0.3, -0.25) is 9.97 Å². The average molecular weight is 733 g/mol. The molecule has 0 aliphatic carbocycles. The molecule has 6 aromatic rings. The molecule has 0 radical (unpaired) electrons. The lowest BCUT2D eigenvalue weighted by atomic mass is 9.89. The fraction of sp³-hybridized carbons (Fsp3) is 0.395. The average Bonchev–Trinajstić information content (AvgIpc) is 3.72. The van der Waals surface area contributed by atoms with Crippen molar-refractivity contribution in [2.45, 2.75) is 77.9 Å². The van der Waals surface area contributed by atoms with Gasteiger partial charge in [0.1, 0.15) is 11.2 Å². The summed E-state index contributed by atoms with van der Waals surface area (Å²) >= 11 is 0. The fourth-order valence-electron chi connectivity index (χ4n) is 7.11. The minimum atomic E-state index is -0.462. The molecule has 0 saturated carbocycles. The highest BCUT2D eigenvalue weighted by atomic mass is 16.6. The molecule has 0 unspecified atom stereocenters. The van der Waals surface area contributed by atoms with Crippen molar-refractivity contribution in [3.63, 3.8) is 0 Å². The number of nitrogens with one attached hydrogen (secondary N) is 2. The van der Waals surface area contributed by atoms with Crippen molar-refractivity contribution in [1.82, 2.24) is 29.7 Å². The maximum atomic E-state index is 12.2. The van der Waals surface area contributed by atoms with E-state index in [0.717, 1.165) is 72.3 Å². The van der Waals surface area contributed by atoms with Crippen LogP contribution in [0.25, 0.3) is 49.2 Å². The van der Waals surface area contributed by atoms with Gasteiger partial charge in [-0.15, -0.1) is 0 Å². The van der Waals surface area contributed by atoms with Crippen molar-refractivity contribution >= 4 is 61.4 Å². The molecule has 0 spiro atoms. The third-order valence-electron chi connectivity index (χ3n) is 9.67. The summed E-state index contributed by atoms with van der Waals surface area (Å²) in [4.78, 5) is 43.4.